The number of rotatable bonds is 1. The molecule has 2 rings (SSSR count). The van der Waals surface area contributed by atoms with Crippen molar-refractivity contribution in [3.05, 3.63) is 54.6 Å². The van der Waals surface area contributed by atoms with Gasteiger partial charge in [0, 0.05) is 4.47 Å². The third-order valence-electron chi connectivity index (χ3n) is 2.63. The van der Waals surface area contributed by atoms with E-state index in [1.54, 1.807) is 0 Å². The third-order valence-corrected chi connectivity index (χ3v) is 3.26. The normalized spacial score (nSPS) is 10.2. The van der Waals surface area contributed by atoms with Gasteiger partial charge in [0.25, 0.3) is 5.56 Å². The van der Waals surface area contributed by atoms with Crippen LogP contribution >= 0.6 is 15.9 Å². The molecule has 0 fully saturated rings. The van der Waals surface area contributed by atoms with Crippen LogP contribution in [0.5, 0.6) is 5.88 Å². The smallest absolute Gasteiger partial charge is 0.335 e. The molecule has 2 N–H and O–H groups in total. The number of nitriles is 1. The maximum absolute atomic E-state index is 11.8. The van der Waals surface area contributed by atoms with Crippen LogP contribution in [0, 0.1) is 18.3 Å². The number of H-pyrrole nitrogens is 1. The topological polar surface area (TPSA) is 98.9 Å². The highest BCUT2D eigenvalue weighted by atomic mass is 79.9. The molecular weight excluding hydrogens is 314 g/mol. The fourth-order valence-corrected chi connectivity index (χ4v) is 2.15. The first-order valence-corrected chi connectivity index (χ1v) is 6.00. The second-order valence-corrected chi connectivity index (χ2v) is 4.68. The number of hydrogen-bond acceptors (Lipinski definition) is 4. The van der Waals surface area contributed by atoms with Gasteiger partial charge in [0.05, 0.1) is 22.9 Å². The Kier molecular flexibility index (Phi) is 3.27. The summed E-state index contributed by atoms with van der Waals surface area (Å²) in [7, 11) is 0. The van der Waals surface area contributed by atoms with E-state index in [9.17, 15) is 14.7 Å². The minimum atomic E-state index is -0.751. The minimum Gasteiger partial charge on any atom is -0.494 e. The van der Waals surface area contributed by atoms with Crippen molar-refractivity contribution < 1.29 is 5.11 Å². The molecule has 0 bridgehead atoms. The molecule has 1 heterocycles. The molecule has 96 valence electrons. The van der Waals surface area contributed by atoms with Crippen LogP contribution < -0.4 is 11.2 Å². The molecule has 0 spiro atoms. The quantitative estimate of drug-likeness (QED) is 0.823. The van der Waals surface area contributed by atoms with E-state index in [1.165, 1.54) is 25.1 Å². The Morgan fingerprint density at radius 1 is 1.42 bits per heavy atom. The number of nitrogens with zero attached hydrogens (tertiary/aromatic N) is 2. The summed E-state index contributed by atoms with van der Waals surface area (Å²) >= 11 is 3.22. The van der Waals surface area contributed by atoms with Crippen LogP contribution in [0.25, 0.3) is 5.69 Å². The molecule has 19 heavy (non-hydrogen) atoms. The van der Waals surface area contributed by atoms with Crippen LogP contribution in [0.3, 0.4) is 0 Å². The largest absolute Gasteiger partial charge is 0.494 e. The second-order valence-electron chi connectivity index (χ2n) is 3.82. The van der Waals surface area contributed by atoms with Crippen molar-refractivity contribution in [3.63, 3.8) is 0 Å². The van der Waals surface area contributed by atoms with Gasteiger partial charge < -0.3 is 5.11 Å². The SMILES string of the molecule is Cc1c(O)n(-c2ccc(C#N)cc2Br)c(=O)[nH]c1=O. The number of aromatic amines is 1. The first-order valence-electron chi connectivity index (χ1n) is 5.20. The molecule has 0 radical (unpaired) electrons. The van der Waals surface area contributed by atoms with E-state index in [4.69, 9.17) is 5.26 Å². The standard InChI is InChI=1S/C12H8BrN3O3/c1-6-10(17)15-12(19)16(11(6)18)9-3-2-7(5-14)4-8(9)13/h2-4,18H,1H3,(H,15,17,19). The van der Waals surface area contributed by atoms with Crippen molar-refractivity contribution in [1.29, 1.82) is 5.26 Å². The highest BCUT2D eigenvalue weighted by Gasteiger charge is 2.14. The first kappa shape index (κ1) is 13.1. The predicted octanol–water partition coefficient (Wildman–Crippen LogP) is 1.17. The third kappa shape index (κ3) is 2.18. The number of nitrogens with one attached hydrogen (secondary N) is 1. The van der Waals surface area contributed by atoms with Gasteiger partial charge in [0.15, 0.2) is 0 Å². The van der Waals surface area contributed by atoms with E-state index in [0.29, 0.717) is 15.7 Å². The molecule has 7 heteroatoms. The van der Waals surface area contributed by atoms with Gasteiger partial charge in [-0.3, -0.25) is 9.78 Å². The lowest BCUT2D eigenvalue weighted by atomic mass is 10.2. The van der Waals surface area contributed by atoms with Gasteiger partial charge in [-0.25, -0.2) is 9.36 Å². The van der Waals surface area contributed by atoms with Crippen molar-refractivity contribution >= 4 is 15.9 Å². The molecule has 0 saturated heterocycles. The number of aromatic nitrogens is 2. The minimum absolute atomic E-state index is 0.0378. The van der Waals surface area contributed by atoms with Crippen LogP contribution in [0.4, 0.5) is 0 Å². The fourth-order valence-electron chi connectivity index (χ4n) is 1.59. The molecule has 1 aromatic carbocycles. The molecule has 0 amide bonds. The molecule has 0 aliphatic heterocycles. The van der Waals surface area contributed by atoms with Gasteiger partial charge in [0.2, 0.25) is 5.88 Å². The number of halogens is 1. The monoisotopic (exact) mass is 321 g/mol. The zero-order chi connectivity index (χ0) is 14.2. The molecule has 0 unspecified atom stereocenters. The number of hydrogen-bond donors (Lipinski definition) is 2. The van der Waals surface area contributed by atoms with E-state index >= 15 is 0 Å². The van der Waals surface area contributed by atoms with Gasteiger partial charge in [-0.15, -0.1) is 0 Å². The lowest BCUT2D eigenvalue weighted by Gasteiger charge is -2.11. The van der Waals surface area contributed by atoms with E-state index in [-0.39, 0.29) is 5.56 Å². The maximum atomic E-state index is 11.8. The summed E-state index contributed by atoms with van der Waals surface area (Å²) in [5.41, 5.74) is -0.608. The van der Waals surface area contributed by atoms with Gasteiger partial charge in [-0.2, -0.15) is 5.26 Å². The van der Waals surface area contributed by atoms with Crippen LogP contribution in [0.2, 0.25) is 0 Å². The van der Waals surface area contributed by atoms with Crippen LogP contribution in [-0.2, 0) is 0 Å². The summed E-state index contributed by atoms with van der Waals surface area (Å²) in [6, 6.07) is 6.48. The average Bonchev–Trinajstić information content (AvgIpc) is 2.38. The summed E-state index contributed by atoms with van der Waals surface area (Å²) in [6.07, 6.45) is 0. The zero-order valence-electron chi connectivity index (χ0n) is 9.77. The van der Waals surface area contributed by atoms with E-state index < -0.39 is 17.1 Å². The van der Waals surface area contributed by atoms with Crippen LogP contribution in [0.1, 0.15) is 11.1 Å². The van der Waals surface area contributed by atoms with Crippen molar-refractivity contribution in [1.82, 2.24) is 9.55 Å². The molecule has 1 aromatic heterocycles. The maximum Gasteiger partial charge on any atom is 0.335 e. The molecule has 0 aliphatic carbocycles. The summed E-state index contributed by atoms with van der Waals surface area (Å²) in [4.78, 5) is 25.2. The fraction of sp³-hybridized carbons (Fsp3) is 0.0833. The Morgan fingerprint density at radius 3 is 2.68 bits per heavy atom. The molecule has 2 aromatic rings. The Hall–Kier alpha value is -2.33. The highest BCUT2D eigenvalue weighted by Crippen LogP contribution is 2.24. The molecule has 0 saturated carbocycles. The molecule has 6 nitrogen and oxygen atoms in total. The van der Waals surface area contributed by atoms with E-state index in [0.717, 1.165) is 4.57 Å². The molecular formula is C12H8BrN3O3. The zero-order valence-corrected chi connectivity index (χ0v) is 11.4. The van der Waals surface area contributed by atoms with E-state index in [1.807, 2.05) is 6.07 Å². The predicted molar refractivity (Wildman–Crippen MR) is 71.5 cm³/mol. The Morgan fingerprint density at radius 2 is 2.11 bits per heavy atom. The number of benzene rings is 1. The van der Waals surface area contributed by atoms with Gasteiger partial charge in [-0.1, -0.05) is 0 Å². The lowest BCUT2D eigenvalue weighted by molar-refractivity contribution is 0.426. The van der Waals surface area contributed by atoms with Crippen LogP contribution in [-0.4, -0.2) is 14.7 Å². The van der Waals surface area contributed by atoms with Crippen molar-refractivity contribution in [2.45, 2.75) is 6.92 Å². The summed E-state index contributed by atoms with van der Waals surface area (Å²) in [6.45, 7) is 1.40. The van der Waals surface area contributed by atoms with E-state index in [2.05, 4.69) is 20.9 Å². The lowest BCUT2D eigenvalue weighted by Crippen LogP contribution is -2.30. The van der Waals surface area contributed by atoms with Crippen molar-refractivity contribution in [2.24, 2.45) is 0 Å². The average molecular weight is 322 g/mol. The van der Waals surface area contributed by atoms with Crippen molar-refractivity contribution in [3.8, 4) is 17.6 Å². The van der Waals surface area contributed by atoms with Crippen molar-refractivity contribution in [2.75, 3.05) is 0 Å². The van der Waals surface area contributed by atoms with Gasteiger partial charge >= 0.3 is 5.69 Å². The Balaban J connectivity index is 2.81. The number of aromatic hydroxyl groups is 1. The van der Waals surface area contributed by atoms with Crippen LogP contribution in [0.15, 0.2) is 32.3 Å². The second kappa shape index (κ2) is 4.74. The Bertz CT molecular complexity index is 814. The first-order chi connectivity index (χ1) is 8.95. The summed E-state index contributed by atoms with van der Waals surface area (Å²) in [5, 5.41) is 18.7. The molecule has 0 aliphatic rings. The summed E-state index contributed by atoms with van der Waals surface area (Å²) in [5.74, 6) is -0.431. The van der Waals surface area contributed by atoms with Gasteiger partial charge in [0.1, 0.15) is 0 Å². The Labute approximate surface area is 115 Å². The summed E-state index contributed by atoms with van der Waals surface area (Å²) < 4.78 is 1.41. The molecule has 0 atom stereocenters. The van der Waals surface area contributed by atoms with Gasteiger partial charge in [-0.05, 0) is 41.1 Å². The highest BCUT2D eigenvalue weighted by molar-refractivity contribution is 9.10.